The van der Waals surface area contributed by atoms with E-state index in [1.807, 2.05) is 17.7 Å². The van der Waals surface area contributed by atoms with E-state index in [1.165, 1.54) is 17.7 Å². The summed E-state index contributed by atoms with van der Waals surface area (Å²) in [6, 6.07) is 0. The Kier molecular flexibility index (Phi) is 2.26. The maximum atomic E-state index is 4.47. The first-order valence-electron chi connectivity index (χ1n) is 4.57. The molecule has 3 rings (SSSR count). The van der Waals surface area contributed by atoms with Crippen LogP contribution >= 0.6 is 22.7 Å². The zero-order valence-corrected chi connectivity index (χ0v) is 9.97. The van der Waals surface area contributed by atoms with Crippen molar-refractivity contribution in [2.24, 2.45) is 0 Å². The molecule has 0 aliphatic carbocycles. The van der Waals surface area contributed by atoms with Gasteiger partial charge in [-0.2, -0.15) is 5.10 Å². The van der Waals surface area contributed by atoms with Crippen LogP contribution in [0, 0.1) is 6.92 Å². The SMILES string of the molecule is Cc1nc(-c2csc(-c3ncn[nH]3)n2)cs1. The van der Waals surface area contributed by atoms with Crippen molar-refractivity contribution in [1.29, 1.82) is 0 Å². The summed E-state index contributed by atoms with van der Waals surface area (Å²) < 4.78 is 0. The molecule has 0 fully saturated rings. The Labute approximate surface area is 99.2 Å². The molecule has 1 N–H and O–H groups in total. The van der Waals surface area contributed by atoms with Gasteiger partial charge >= 0.3 is 0 Å². The number of rotatable bonds is 2. The lowest BCUT2D eigenvalue weighted by molar-refractivity contribution is 1.09. The van der Waals surface area contributed by atoms with Crippen molar-refractivity contribution in [2.45, 2.75) is 6.92 Å². The first-order valence-corrected chi connectivity index (χ1v) is 6.32. The summed E-state index contributed by atoms with van der Waals surface area (Å²) in [6.07, 6.45) is 1.48. The van der Waals surface area contributed by atoms with Gasteiger partial charge in [-0.15, -0.1) is 22.7 Å². The van der Waals surface area contributed by atoms with Crippen LogP contribution in [0.3, 0.4) is 0 Å². The zero-order chi connectivity index (χ0) is 11.0. The molecule has 0 aliphatic rings. The van der Waals surface area contributed by atoms with Crippen LogP contribution < -0.4 is 0 Å². The van der Waals surface area contributed by atoms with E-state index in [0.717, 1.165) is 21.4 Å². The first-order chi connectivity index (χ1) is 7.83. The summed E-state index contributed by atoms with van der Waals surface area (Å²) in [6.45, 7) is 1.98. The molecule has 0 saturated heterocycles. The Balaban J connectivity index is 2.00. The molecule has 0 radical (unpaired) electrons. The highest BCUT2D eigenvalue weighted by Gasteiger charge is 2.10. The summed E-state index contributed by atoms with van der Waals surface area (Å²) in [4.78, 5) is 12.9. The van der Waals surface area contributed by atoms with Crippen molar-refractivity contribution in [3.05, 3.63) is 22.1 Å². The number of nitrogens with zero attached hydrogens (tertiary/aromatic N) is 4. The van der Waals surface area contributed by atoms with Crippen molar-refractivity contribution < 1.29 is 0 Å². The lowest BCUT2D eigenvalue weighted by Crippen LogP contribution is -1.81. The average Bonchev–Trinajstić information content (AvgIpc) is 2.97. The summed E-state index contributed by atoms with van der Waals surface area (Å²) in [5.74, 6) is 0.697. The second-order valence-corrected chi connectivity index (χ2v) is 5.04. The van der Waals surface area contributed by atoms with E-state index >= 15 is 0 Å². The van der Waals surface area contributed by atoms with E-state index in [4.69, 9.17) is 0 Å². The molecule has 7 heteroatoms. The Morgan fingerprint density at radius 2 is 1.94 bits per heavy atom. The second-order valence-electron chi connectivity index (χ2n) is 3.12. The number of aryl methyl sites for hydroxylation is 1. The Hall–Kier alpha value is -1.60. The number of aromatic nitrogens is 5. The first kappa shape index (κ1) is 9.61. The van der Waals surface area contributed by atoms with Crippen LogP contribution in [0.25, 0.3) is 22.2 Å². The van der Waals surface area contributed by atoms with E-state index in [2.05, 4.69) is 25.1 Å². The van der Waals surface area contributed by atoms with Crippen LogP contribution in [0.5, 0.6) is 0 Å². The summed E-state index contributed by atoms with van der Waals surface area (Å²) in [5, 5.41) is 12.5. The highest BCUT2D eigenvalue weighted by Crippen LogP contribution is 2.27. The summed E-state index contributed by atoms with van der Waals surface area (Å²) >= 11 is 3.15. The number of aromatic amines is 1. The van der Waals surface area contributed by atoms with Gasteiger partial charge in [0.05, 0.1) is 5.01 Å². The fraction of sp³-hybridized carbons (Fsp3) is 0.111. The standard InChI is InChI=1S/C9H7N5S2/c1-5-12-6(2-15-5)7-3-16-9(13-7)8-10-4-11-14-8/h2-4H,1H3,(H,10,11,14). The molecular weight excluding hydrogens is 242 g/mol. The number of hydrogen-bond donors (Lipinski definition) is 1. The predicted molar refractivity (Wildman–Crippen MR) is 63.3 cm³/mol. The molecule has 0 saturated carbocycles. The molecule has 0 aromatic carbocycles. The monoisotopic (exact) mass is 249 g/mol. The van der Waals surface area contributed by atoms with Gasteiger partial charge in [-0.1, -0.05) is 0 Å². The minimum absolute atomic E-state index is 0.697. The molecule has 3 aromatic rings. The molecule has 0 aliphatic heterocycles. The van der Waals surface area contributed by atoms with Gasteiger partial charge in [0.1, 0.15) is 17.7 Å². The Morgan fingerprint density at radius 1 is 1.12 bits per heavy atom. The Morgan fingerprint density at radius 3 is 2.62 bits per heavy atom. The Bertz CT molecular complexity index is 595. The van der Waals surface area contributed by atoms with Crippen LogP contribution in [0.1, 0.15) is 5.01 Å². The molecule has 0 amide bonds. The number of nitrogens with one attached hydrogen (secondary N) is 1. The molecule has 0 bridgehead atoms. The van der Waals surface area contributed by atoms with Crippen LogP contribution in [-0.2, 0) is 0 Å². The maximum absolute atomic E-state index is 4.47. The smallest absolute Gasteiger partial charge is 0.184 e. The van der Waals surface area contributed by atoms with Gasteiger partial charge in [0.15, 0.2) is 10.8 Å². The van der Waals surface area contributed by atoms with Crippen LogP contribution in [0.15, 0.2) is 17.1 Å². The largest absolute Gasteiger partial charge is 0.257 e. The van der Waals surface area contributed by atoms with E-state index in [0.29, 0.717) is 5.82 Å². The van der Waals surface area contributed by atoms with Gasteiger partial charge in [-0.3, -0.25) is 5.10 Å². The molecular formula is C9H7N5S2. The number of H-pyrrole nitrogens is 1. The minimum Gasteiger partial charge on any atom is -0.257 e. The molecule has 0 atom stereocenters. The highest BCUT2D eigenvalue weighted by molar-refractivity contribution is 7.13. The van der Waals surface area contributed by atoms with E-state index in [-0.39, 0.29) is 0 Å². The van der Waals surface area contributed by atoms with Gasteiger partial charge in [-0.25, -0.2) is 15.0 Å². The third-order valence-electron chi connectivity index (χ3n) is 2.00. The van der Waals surface area contributed by atoms with Crippen molar-refractivity contribution in [3.63, 3.8) is 0 Å². The molecule has 3 heterocycles. The molecule has 80 valence electrons. The second kappa shape index (κ2) is 3.76. The number of hydrogen-bond acceptors (Lipinski definition) is 6. The molecule has 0 unspecified atom stereocenters. The van der Waals surface area contributed by atoms with Crippen LogP contribution in [-0.4, -0.2) is 25.1 Å². The molecule has 16 heavy (non-hydrogen) atoms. The number of thiazole rings is 2. The molecule has 3 aromatic heterocycles. The highest BCUT2D eigenvalue weighted by atomic mass is 32.1. The van der Waals surface area contributed by atoms with Crippen LogP contribution in [0.4, 0.5) is 0 Å². The minimum atomic E-state index is 0.697. The summed E-state index contributed by atoms with van der Waals surface area (Å²) in [7, 11) is 0. The quantitative estimate of drug-likeness (QED) is 0.757. The average molecular weight is 249 g/mol. The maximum Gasteiger partial charge on any atom is 0.184 e. The molecule has 0 spiro atoms. The van der Waals surface area contributed by atoms with Crippen molar-refractivity contribution in [2.75, 3.05) is 0 Å². The van der Waals surface area contributed by atoms with E-state index < -0.39 is 0 Å². The third-order valence-corrected chi connectivity index (χ3v) is 3.63. The van der Waals surface area contributed by atoms with Crippen molar-refractivity contribution in [1.82, 2.24) is 25.1 Å². The van der Waals surface area contributed by atoms with Crippen molar-refractivity contribution >= 4 is 22.7 Å². The lowest BCUT2D eigenvalue weighted by atomic mass is 10.4. The topological polar surface area (TPSA) is 67.3 Å². The fourth-order valence-corrected chi connectivity index (χ4v) is 2.65. The predicted octanol–water partition coefficient (Wildman–Crippen LogP) is 2.36. The molecule has 5 nitrogen and oxygen atoms in total. The van der Waals surface area contributed by atoms with Gasteiger partial charge in [0.25, 0.3) is 0 Å². The van der Waals surface area contributed by atoms with Gasteiger partial charge < -0.3 is 0 Å². The lowest BCUT2D eigenvalue weighted by Gasteiger charge is -1.87. The van der Waals surface area contributed by atoms with E-state index in [9.17, 15) is 0 Å². The zero-order valence-electron chi connectivity index (χ0n) is 8.34. The van der Waals surface area contributed by atoms with E-state index in [1.54, 1.807) is 11.3 Å². The van der Waals surface area contributed by atoms with Crippen LogP contribution in [0.2, 0.25) is 0 Å². The summed E-state index contributed by atoms with van der Waals surface area (Å²) in [5.41, 5.74) is 1.81. The third kappa shape index (κ3) is 1.63. The van der Waals surface area contributed by atoms with Gasteiger partial charge in [0.2, 0.25) is 0 Å². The van der Waals surface area contributed by atoms with Crippen molar-refractivity contribution in [3.8, 4) is 22.2 Å². The van der Waals surface area contributed by atoms with Gasteiger partial charge in [-0.05, 0) is 6.92 Å². The van der Waals surface area contributed by atoms with Gasteiger partial charge in [0, 0.05) is 10.8 Å². The normalized spacial score (nSPS) is 10.8. The fourth-order valence-electron chi connectivity index (χ4n) is 1.29.